The Morgan fingerprint density at radius 1 is 1.23 bits per heavy atom. The van der Waals surface area contributed by atoms with Crippen molar-refractivity contribution in [3.63, 3.8) is 0 Å². The zero-order valence-electron chi connectivity index (χ0n) is 17.5. The van der Waals surface area contributed by atoms with Gasteiger partial charge in [0, 0.05) is 48.4 Å². The highest BCUT2D eigenvalue weighted by molar-refractivity contribution is 6.06. The highest BCUT2D eigenvalue weighted by atomic mass is 16.2. The van der Waals surface area contributed by atoms with Crippen molar-refractivity contribution in [2.75, 3.05) is 11.4 Å². The SMILES string of the molecule is C[C@@H]1CN(c2ccnn3cc(-c4cccc5cnn(C)c45)cc23)C(=O)[C@]1(C#N)C1CC1. The summed E-state index contributed by atoms with van der Waals surface area (Å²) < 4.78 is 3.70. The number of carbonyl (C=O) groups excluding carboxylic acids is 1. The molecule has 0 N–H and O–H groups in total. The van der Waals surface area contributed by atoms with Crippen molar-refractivity contribution in [3.05, 3.63) is 48.9 Å². The number of hydrogen-bond donors (Lipinski definition) is 0. The first-order valence-corrected chi connectivity index (χ1v) is 10.7. The fraction of sp³-hybridized carbons (Fsp3) is 0.333. The lowest BCUT2D eigenvalue weighted by molar-refractivity contribution is -0.124. The van der Waals surface area contributed by atoms with Crippen molar-refractivity contribution in [1.29, 1.82) is 5.26 Å². The summed E-state index contributed by atoms with van der Waals surface area (Å²) in [6, 6.07) is 12.5. The molecular formula is C24H22N6O. The molecule has 2 fully saturated rings. The Bertz CT molecular complexity index is 1400. The Morgan fingerprint density at radius 2 is 2.06 bits per heavy atom. The molecule has 1 amide bonds. The summed E-state index contributed by atoms with van der Waals surface area (Å²) in [7, 11) is 1.94. The number of anilines is 1. The van der Waals surface area contributed by atoms with E-state index >= 15 is 0 Å². The van der Waals surface area contributed by atoms with Gasteiger partial charge in [-0.25, -0.2) is 4.52 Å². The van der Waals surface area contributed by atoms with Crippen molar-refractivity contribution in [2.45, 2.75) is 19.8 Å². The monoisotopic (exact) mass is 410 g/mol. The molecule has 31 heavy (non-hydrogen) atoms. The molecule has 2 atom stereocenters. The molecular weight excluding hydrogens is 388 g/mol. The standard InChI is InChI=1S/C24H22N6O/c1-15-12-29(23(31)24(15,14-25)18-6-7-18)20-8-9-26-30-13-17(10-21(20)30)19-5-3-4-16-11-27-28(2)22(16)19/h3-5,8-11,13,15,18H,6-7,12H2,1-2H3/t15-,24+/m1/s1. The summed E-state index contributed by atoms with van der Waals surface area (Å²) in [5.74, 6) is 0.130. The summed E-state index contributed by atoms with van der Waals surface area (Å²) in [6.45, 7) is 2.59. The van der Waals surface area contributed by atoms with E-state index in [1.807, 2.05) is 47.7 Å². The maximum Gasteiger partial charge on any atom is 0.248 e. The topological polar surface area (TPSA) is 79.2 Å². The number of nitrogens with zero attached hydrogens (tertiary/aromatic N) is 6. The van der Waals surface area contributed by atoms with Crippen LogP contribution >= 0.6 is 0 Å². The molecule has 6 rings (SSSR count). The molecule has 0 bridgehead atoms. The number of hydrogen-bond acceptors (Lipinski definition) is 4. The van der Waals surface area contributed by atoms with Crippen molar-refractivity contribution in [1.82, 2.24) is 19.4 Å². The van der Waals surface area contributed by atoms with Crippen LogP contribution in [0.5, 0.6) is 0 Å². The normalized spacial score (nSPS) is 23.7. The summed E-state index contributed by atoms with van der Waals surface area (Å²) in [4.78, 5) is 15.3. The van der Waals surface area contributed by atoms with Crippen LogP contribution in [0.3, 0.4) is 0 Å². The van der Waals surface area contributed by atoms with Gasteiger partial charge in [-0.3, -0.25) is 9.48 Å². The second-order valence-corrected chi connectivity index (χ2v) is 8.86. The minimum atomic E-state index is -0.893. The number of benzene rings is 1. The number of rotatable bonds is 3. The number of aryl methyl sites for hydroxylation is 1. The molecule has 0 spiro atoms. The van der Waals surface area contributed by atoms with E-state index in [0.717, 1.165) is 46.1 Å². The molecule has 4 aromatic rings. The van der Waals surface area contributed by atoms with Gasteiger partial charge in [0.15, 0.2) is 0 Å². The molecule has 0 radical (unpaired) electrons. The second kappa shape index (κ2) is 6.17. The number of para-hydroxylation sites is 1. The van der Waals surface area contributed by atoms with Crippen LogP contribution in [0.25, 0.3) is 27.5 Å². The van der Waals surface area contributed by atoms with Crippen LogP contribution in [-0.2, 0) is 11.8 Å². The average Bonchev–Trinajstić information content (AvgIpc) is 3.33. The largest absolute Gasteiger partial charge is 0.309 e. The van der Waals surface area contributed by atoms with Gasteiger partial charge in [-0.15, -0.1) is 0 Å². The van der Waals surface area contributed by atoms with Crippen LogP contribution in [0, 0.1) is 28.6 Å². The molecule has 1 aliphatic carbocycles. The fourth-order valence-corrected chi connectivity index (χ4v) is 5.35. The first kappa shape index (κ1) is 18.1. The van der Waals surface area contributed by atoms with E-state index in [1.54, 1.807) is 11.1 Å². The summed E-state index contributed by atoms with van der Waals surface area (Å²) in [5.41, 5.74) is 3.93. The van der Waals surface area contributed by atoms with Gasteiger partial charge >= 0.3 is 0 Å². The lowest BCUT2D eigenvalue weighted by Crippen LogP contribution is -2.37. The number of carbonyl (C=O) groups is 1. The van der Waals surface area contributed by atoms with Crippen LogP contribution in [0.2, 0.25) is 0 Å². The van der Waals surface area contributed by atoms with Gasteiger partial charge in [0.1, 0.15) is 5.41 Å². The molecule has 1 saturated heterocycles. The molecule has 3 aromatic heterocycles. The zero-order chi connectivity index (χ0) is 21.3. The van der Waals surface area contributed by atoms with E-state index in [1.165, 1.54) is 0 Å². The molecule has 7 nitrogen and oxygen atoms in total. The summed E-state index contributed by atoms with van der Waals surface area (Å²) >= 11 is 0. The minimum Gasteiger partial charge on any atom is -0.309 e. The average molecular weight is 410 g/mol. The van der Waals surface area contributed by atoms with E-state index in [9.17, 15) is 10.1 Å². The van der Waals surface area contributed by atoms with Gasteiger partial charge in [-0.05, 0) is 30.9 Å². The minimum absolute atomic E-state index is 0.00309. The molecule has 1 aromatic carbocycles. The lowest BCUT2D eigenvalue weighted by Gasteiger charge is -2.23. The number of amides is 1. The predicted octanol–water partition coefficient (Wildman–Crippen LogP) is 3.79. The molecule has 7 heteroatoms. The van der Waals surface area contributed by atoms with Gasteiger partial charge in [-0.2, -0.15) is 15.5 Å². The highest BCUT2D eigenvalue weighted by Crippen LogP contribution is 2.54. The van der Waals surface area contributed by atoms with E-state index in [0.29, 0.717) is 6.54 Å². The van der Waals surface area contributed by atoms with Crippen molar-refractivity contribution in [3.8, 4) is 17.2 Å². The smallest absolute Gasteiger partial charge is 0.248 e. The van der Waals surface area contributed by atoms with Gasteiger partial charge in [0.25, 0.3) is 0 Å². The predicted molar refractivity (Wildman–Crippen MR) is 117 cm³/mol. The first-order chi connectivity index (χ1) is 15.0. The molecule has 0 unspecified atom stereocenters. The fourth-order valence-electron chi connectivity index (χ4n) is 5.35. The third-order valence-corrected chi connectivity index (χ3v) is 7.09. The quantitative estimate of drug-likeness (QED) is 0.515. The van der Waals surface area contributed by atoms with Gasteiger partial charge in [0.2, 0.25) is 5.91 Å². The Kier molecular flexibility index (Phi) is 3.61. The third kappa shape index (κ3) is 2.36. The number of nitriles is 1. The zero-order valence-corrected chi connectivity index (χ0v) is 17.5. The number of aromatic nitrogens is 4. The highest BCUT2D eigenvalue weighted by Gasteiger charge is 2.61. The van der Waals surface area contributed by atoms with E-state index in [-0.39, 0.29) is 17.7 Å². The number of fused-ring (bicyclic) bond motifs is 2. The van der Waals surface area contributed by atoms with Gasteiger partial charge < -0.3 is 4.90 Å². The maximum absolute atomic E-state index is 13.5. The molecule has 4 heterocycles. The molecule has 154 valence electrons. The van der Waals surface area contributed by atoms with Gasteiger partial charge in [0.05, 0.1) is 29.0 Å². The molecule has 1 saturated carbocycles. The summed E-state index contributed by atoms with van der Waals surface area (Å²) in [6.07, 6.45) is 7.50. The molecule has 2 aliphatic rings. The van der Waals surface area contributed by atoms with E-state index < -0.39 is 5.41 Å². The Hall–Kier alpha value is -3.66. The summed E-state index contributed by atoms with van der Waals surface area (Å²) in [5, 5.41) is 19.9. The van der Waals surface area contributed by atoms with Gasteiger partial charge in [-0.1, -0.05) is 25.1 Å². The van der Waals surface area contributed by atoms with Crippen LogP contribution in [-0.4, -0.2) is 31.8 Å². The Balaban J connectivity index is 1.49. The van der Waals surface area contributed by atoms with Crippen LogP contribution < -0.4 is 4.90 Å². The third-order valence-electron chi connectivity index (χ3n) is 7.09. The maximum atomic E-state index is 13.5. The van der Waals surface area contributed by atoms with E-state index in [4.69, 9.17) is 0 Å². The van der Waals surface area contributed by atoms with Crippen LogP contribution in [0.4, 0.5) is 5.69 Å². The lowest BCUT2D eigenvalue weighted by atomic mass is 9.75. The second-order valence-electron chi connectivity index (χ2n) is 8.86. The van der Waals surface area contributed by atoms with Crippen molar-refractivity contribution < 1.29 is 4.79 Å². The van der Waals surface area contributed by atoms with Crippen molar-refractivity contribution >= 4 is 28.0 Å². The Labute approximate surface area is 179 Å². The van der Waals surface area contributed by atoms with Crippen LogP contribution in [0.15, 0.2) is 48.9 Å². The Morgan fingerprint density at radius 3 is 2.84 bits per heavy atom. The first-order valence-electron chi connectivity index (χ1n) is 10.7. The van der Waals surface area contributed by atoms with E-state index in [2.05, 4.69) is 34.5 Å². The van der Waals surface area contributed by atoms with Crippen molar-refractivity contribution in [2.24, 2.45) is 24.3 Å². The van der Waals surface area contributed by atoms with Crippen LogP contribution in [0.1, 0.15) is 19.8 Å². The molecule has 1 aliphatic heterocycles.